The molecular formula is C64H88N12O21S. The van der Waals surface area contributed by atoms with Crippen LogP contribution in [0.25, 0.3) is 22.9 Å². The minimum atomic E-state index is -2.16. The zero-order valence-corrected chi connectivity index (χ0v) is 55.2. The molecule has 5 fully saturated rings. The number of anilines is 1. The number of piperazine rings is 1. The van der Waals surface area contributed by atoms with E-state index in [-0.39, 0.29) is 54.1 Å². The lowest BCUT2D eigenvalue weighted by Crippen LogP contribution is -2.64. The van der Waals surface area contributed by atoms with Crippen molar-refractivity contribution in [1.29, 1.82) is 0 Å². The van der Waals surface area contributed by atoms with Crippen LogP contribution in [0.3, 0.4) is 0 Å². The number of phenols is 1. The molecular weight excluding hydrogens is 1300 g/mol. The molecule has 16 N–H and O–H groups in total. The van der Waals surface area contributed by atoms with Gasteiger partial charge in [-0.05, 0) is 118 Å². The summed E-state index contributed by atoms with van der Waals surface area (Å²) in [4.78, 5) is 109. The van der Waals surface area contributed by atoms with Crippen LogP contribution in [0.15, 0.2) is 71.1 Å². The Labute approximate surface area is 568 Å². The first kappa shape index (κ1) is 74.5. The molecule has 9 rings (SSSR count). The number of aromatic nitrogens is 2. The molecule has 33 nitrogen and oxygen atoms in total. The molecule has 0 bridgehead atoms. The summed E-state index contributed by atoms with van der Waals surface area (Å²) in [6.07, 6.45) is -7.66. The van der Waals surface area contributed by atoms with Crippen LogP contribution < -0.4 is 41.0 Å². The first-order valence-electron chi connectivity index (χ1n) is 32.8. The molecule has 1 aromatic heterocycles. The van der Waals surface area contributed by atoms with Gasteiger partial charge in [-0.15, -0.1) is 10.2 Å². The largest absolute Gasteiger partial charge is 0.504 e. The van der Waals surface area contributed by atoms with Gasteiger partial charge in [-0.2, -0.15) is 0 Å². The van der Waals surface area contributed by atoms with E-state index in [0.29, 0.717) is 17.2 Å². The van der Waals surface area contributed by atoms with Crippen molar-refractivity contribution in [2.24, 2.45) is 11.8 Å². The third-order valence-electron chi connectivity index (χ3n) is 18.8. The number of benzene rings is 3. The highest BCUT2D eigenvalue weighted by Gasteiger charge is 2.50. The second kappa shape index (κ2) is 34.4. The van der Waals surface area contributed by atoms with Gasteiger partial charge in [0.15, 0.2) is 11.5 Å². The fraction of sp³-hybridized carbons (Fsp3) is 0.578. The Balaban J connectivity index is 0.965. The van der Waals surface area contributed by atoms with Gasteiger partial charge in [-0.25, -0.2) is 5.26 Å². The van der Waals surface area contributed by atoms with Gasteiger partial charge in [0.2, 0.25) is 47.2 Å². The number of aliphatic hydroxyl groups is 8. The normalized spacial score (nSPS) is 27.6. The minimum Gasteiger partial charge on any atom is -0.504 e. The topological polar surface area (TPSA) is 474 Å². The average Bonchev–Trinajstić information content (AvgIpc) is 1.62. The predicted octanol–water partition coefficient (Wildman–Crippen LogP) is -2.55. The van der Waals surface area contributed by atoms with Gasteiger partial charge in [0, 0.05) is 99.4 Å². The molecule has 0 spiro atoms. The quantitative estimate of drug-likeness (QED) is 0.0177. The van der Waals surface area contributed by atoms with E-state index in [9.17, 15) is 79.5 Å². The van der Waals surface area contributed by atoms with Crippen molar-refractivity contribution < 1.29 is 103 Å². The fourth-order valence-electron chi connectivity index (χ4n) is 13.1. The van der Waals surface area contributed by atoms with E-state index < -0.39 is 184 Å². The first-order valence-corrected chi connectivity index (χ1v) is 33.4. The maximum Gasteiger partial charge on any atom is 0.261 e. The van der Waals surface area contributed by atoms with Crippen LogP contribution in [0.2, 0.25) is 0 Å². The lowest BCUT2D eigenvalue weighted by atomic mass is 9.86. The Hall–Kier alpha value is -7.68. The van der Waals surface area contributed by atoms with E-state index in [1.165, 1.54) is 62.9 Å². The second-order valence-electron chi connectivity index (χ2n) is 25.9. The van der Waals surface area contributed by atoms with E-state index >= 15 is 0 Å². The highest BCUT2D eigenvalue weighted by molar-refractivity contribution is 7.90. The average molecular weight is 1390 g/mol. The van der Waals surface area contributed by atoms with Crippen LogP contribution in [0.4, 0.5) is 5.69 Å². The number of β-amino-alcohol motifs (C(OH)–C–C–N with tert-alkyl or cyclic N) is 1. The number of phenolic OH excluding ortho intramolecular Hbond substituents is 1. The first-order chi connectivity index (χ1) is 46.9. The molecule has 7 amide bonds. The molecule has 4 saturated heterocycles. The highest BCUT2D eigenvalue weighted by Crippen LogP contribution is 2.34. The van der Waals surface area contributed by atoms with Crippen molar-refractivity contribution in [3.8, 4) is 34.4 Å². The van der Waals surface area contributed by atoms with Crippen molar-refractivity contribution in [3.63, 3.8) is 0 Å². The van der Waals surface area contributed by atoms with E-state index in [1.54, 1.807) is 0 Å². The van der Waals surface area contributed by atoms with Crippen LogP contribution in [0, 0.1) is 11.8 Å². The summed E-state index contributed by atoms with van der Waals surface area (Å²) < 4.78 is 15.5. The summed E-state index contributed by atoms with van der Waals surface area (Å²) in [6, 6.07) is 5.54. The number of aromatic hydroxyl groups is 1. The smallest absolute Gasteiger partial charge is 0.261 e. The molecule has 98 heavy (non-hydrogen) atoms. The Kier molecular flexibility index (Phi) is 26.2. The molecule has 13 atom stereocenters. The maximum atomic E-state index is 15.0. The van der Waals surface area contributed by atoms with Crippen LogP contribution >= 0.6 is 12.3 Å². The molecule has 4 aliphatic heterocycles. The summed E-state index contributed by atoms with van der Waals surface area (Å²) in [6.45, 7) is 5.84. The van der Waals surface area contributed by atoms with Crippen molar-refractivity contribution in [2.45, 2.75) is 157 Å². The van der Waals surface area contributed by atoms with Gasteiger partial charge < -0.3 is 101 Å². The van der Waals surface area contributed by atoms with Crippen molar-refractivity contribution in [3.05, 3.63) is 77.9 Å². The second-order valence-corrected chi connectivity index (χ2v) is 26.3. The highest BCUT2D eigenvalue weighted by atomic mass is 32.2. The number of nitrogens with one attached hydrogen (secondary N) is 6. The monoisotopic (exact) mass is 1390 g/mol. The summed E-state index contributed by atoms with van der Waals surface area (Å²) in [5, 5.41) is 135. The number of carbonyl (C=O) groups excluding carboxylic acids is 7. The Morgan fingerprint density at radius 2 is 1.37 bits per heavy atom. The molecule has 5 aliphatic rings. The third-order valence-corrected chi connectivity index (χ3v) is 19.2. The van der Waals surface area contributed by atoms with E-state index in [0.717, 1.165) is 66.6 Å². The third kappa shape index (κ3) is 18.6. The minimum absolute atomic E-state index is 0.0234. The molecule has 0 unspecified atom stereocenters. The summed E-state index contributed by atoms with van der Waals surface area (Å²) in [5.41, 5.74) is 2.27. The zero-order chi connectivity index (χ0) is 70.5. The molecule has 5 heterocycles. The van der Waals surface area contributed by atoms with Gasteiger partial charge in [-0.1, -0.05) is 29.3 Å². The van der Waals surface area contributed by atoms with Gasteiger partial charge in [-0.3, -0.25) is 38.5 Å². The van der Waals surface area contributed by atoms with Crippen LogP contribution in [-0.4, -0.2) is 268 Å². The van der Waals surface area contributed by atoms with E-state index in [2.05, 4.69) is 68.2 Å². The summed E-state index contributed by atoms with van der Waals surface area (Å²) in [5.74, 6) is -8.50. The van der Waals surface area contributed by atoms with E-state index in [1.807, 2.05) is 24.3 Å². The number of hydrogen-bond acceptors (Lipinski definition) is 27. The molecule has 4 aromatic rings. The molecule has 0 radical (unpaired) electrons. The van der Waals surface area contributed by atoms with Gasteiger partial charge in [0.05, 0.1) is 55.9 Å². The van der Waals surface area contributed by atoms with Crippen molar-refractivity contribution >= 4 is 59.4 Å². The fourth-order valence-corrected chi connectivity index (χ4v) is 13.4. The number of rotatable bonds is 21. The SMILES string of the molecule is CC1CCC(N2CCN(c3ccc(-c4nnc(-c5ccc(C(=O)N[C@H]6C[C@@H](O)CNC(=O)[C@@H]7[C@@H](O)[C@@H](C)CN7C(=O)[C@H]([C@H](O)CCNC(CO)CO)NC(=O)[C@H]([C@H](O)Cc7ccc(O)c(OSOOO)c7)NC(=O)[C@@H]7C[C@@H](O)CN7C(=O)[C@H]([C@@H](C)O)NC6=O)cc5)o4)cc3)CC2)CC1. The Morgan fingerprint density at radius 1 is 0.735 bits per heavy atom. The Morgan fingerprint density at radius 3 is 2.01 bits per heavy atom. The number of aliphatic hydroxyl groups excluding tert-OH is 8. The number of nitrogens with zero attached hydrogens (tertiary/aromatic N) is 6. The molecule has 1 saturated carbocycles. The Bertz CT molecular complexity index is 3360. The van der Waals surface area contributed by atoms with Gasteiger partial charge in [0.1, 0.15) is 36.3 Å². The van der Waals surface area contributed by atoms with Crippen molar-refractivity contribution in [1.82, 2.24) is 56.8 Å². The predicted molar refractivity (Wildman–Crippen MR) is 347 cm³/mol. The molecule has 34 heteroatoms. The lowest BCUT2D eigenvalue weighted by Gasteiger charge is -2.42. The lowest BCUT2D eigenvalue weighted by molar-refractivity contribution is -0.433. The summed E-state index contributed by atoms with van der Waals surface area (Å²) >= 11 is 0.0662. The number of hydrogen-bond donors (Lipinski definition) is 16. The van der Waals surface area contributed by atoms with Crippen LogP contribution in [0.5, 0.6) is 11.5 Å². The van der Waals surface area contributed by atoms with Gasteiger partial charge >= 0.3 is 0 Å². The maximum absolute atomic E-state index is 15.0. The van der Waals surface area contributed by atoms with E-state index in [4.69, 9.17) is 13.9 Å². The molecule has 1 aliphatic carbocycles. The summed E-state index contributed by atoms with van der Waals surface area (Å²) in [7, 11) is 0. The van der Waals surface area contributed by atoms with Crippen LogP contribution in [0.1, 0.15) is 81.6 Å². The zero-order valence-electron chi connectivity index (χ0n) is 54.4. The number of carbonyl (C=O) groups is 7. The molecule has 536 valence electrons. The van der Waals surface area contributed by atoms with Gasteiger partial charge in [0.25, 0.3) is 18.2 Å². The van der Waals surface area contributed by atoms with Crippen LogP contribution in [-0.2, 0) is 44.6 Å². The number of amides is 7. The number of fused-ring (bicyclic) bond motifs is 2. The molecule has 3 aromatic carbocycles. The van der Waals surface area contributed by atoms with Crippen molar-refractivity contribution in [2.75, 3.05) is 70.5 Å². The standard InChI is InChI=1S/C64H88N12O21S/c1-33-4-13-41(14-5-33)73-20-22-74(23-21-73)42-15-11-39(12-16-42)62-72-71-61(94-62)38-9-7-37(8-10-38)56(86)67-45-26-43(80)28-66-60(90)54-55(85)34(2)29-76(54)64(92)53(48(83)18-19-65-40(31-77)32-78)70-59(89)52(49(84)24-36-6-17-47(82)50(25-36)95-98-97-96-93)69-58(88)46-27-44(81)30-75(46)63(91)51(35(3)79)68-57(45)87/h6-12,15-17,25,33-35,40-41,43-46,48-49,51-55,65,77-85,93H,4-5,13-14,18-24,26-32H2,1-3H3,(H,66,90)(H,67,86)(H,68,87)(H,69,88)(H,70,89)/t33?,34-,35+,41?,43+,44+,45-,46-,48+,49+,51-,52-,53-,54-,55-/m0/s1.